The van der Waals surface area contributed by atoms with Crippen LogP contribution in [0.25, 0.3) is 0 Å². The van der Waals surface area contributed by atoms with Gasteiger partial charge in [-0.2, -0.15) is 0 Å². The second-order valence-corrected chi connectivity index (χ2v) is 5.45. The Hall–Kier alpha value is -0.800. The predicted octanol–water partition coefficient (Wildman–Crippen LogP) is 2.32. The number of hydrogen-bond acceptors (Lipinski definition) is 3. The van der Waals surface area contributed by atoms with Gasteiger partial charge in [0.05, 0.1) is 6.26 Å². The zero-order valence-electron chi connectivity index (χ0n) is 10.7. The molecule has 17 heavy (non-hydrogen) atoms. The number of nitrogens with one attached hydrogen (secondary N) is 1. The molecule has 3 N–H and O–H groups in total. The Morgan fingerprint density at radius 1 is 1.53 bits per heavy atom. The van der Waals surface area contributed by atoms with Crippen LogP contribution in [0.3, 0.4) is 0 Å². The predicted molar refractivity (Wildman–Crippen MR) is 69.8 cm³/mol. The number of hydrogen-bond donors (Lipinski definition) is 2. The summed E-state index contributed by atoms with van der Waals surface area (Å²) < 4.78 is 5.34. The molecule has 2 rings (SSSR count). The molecule has 3 heteroatoms. The first-order valence-electron chi connectivity index (χ1n) is 6.70. The van der Waals surface area contributed by atoms with Gasteiger partial charge in [0.15, 0.2) is 0 Å². The van der Waals surface area contributed by atoms with Crippen LogP contribution in [-0.2, 0) is 6.42 Å². The zero-order chi connectivity index (χ0) is 12.1. The summed E-state index contributed by atoms with van der Waals surface area (Å²) in [5.74, 6) is 1.06. The van der Waals surface area contributed by atoms with Gasteiger partial charge in [-0.15, -0.1) is 0 Å². The van der Waals surface area contributed by atoms with Gasteiger partial charge in [-0.1, -0.05) is 6.42 Å². The highest BCUT2D eigenvalue weighted by atomic mass is 16.3. The fourth-order valence-electron chi connectivity index (χ4n) is 2.62. The molecule has 1 saturated carbocycles. The maximum absolute atomic E-state index is 5.85. The first-order chi connectivity index (χ1) is 8.24. The minimum Gasteiger partial charge on any atom is -0.469 e. The van der Waals surface area contributed by atoms with Crippen LogP contribution in [0.1, 0.15) is 38.4 Å². The van der Waals surface area contributed by atoms with Gasteiger partial charge in [-0.25, -0.2) is 0 Å². The van der Waals surface area contributed by atoms with Crippen molar-refractivity contribution in [1.82, 2.24) is 5.32 Å². The fourth-order valence-corrected chi connectivity index (χ4v) is 2.62. The van der Waals surface area contributed by atoms with Gasteiger partial charge in [0, 0.05) is 12.5 Å². The number of furan rings is 1. The summed E-state index contributed by atoms with van der Waals surface area (Å²) in [7, 11) is 0. The Morgan fingerprint density at radius 2 is 2.35 bits per heavy atom. The van der Waals surface area contributed by atoms with Crippen LogP contribution in [-0.4, -0.2) is 19.1 Å². The molecule has 1 aromatic heterocycles. The van der Waals surface area contributed by atoms with Crippen molar-refractivity contribution in [2.24, 2.45) is 11.1 Å². The number of nitrogens with two attached hydrogens (primary N) is 1. The van der Waals surface area contributed by atoms with Crippen molar-refractivity contribution in [2.45, 2.75) is 45.1 Å². The van der Waals surface area contributed by atoms with Gasteiger partial charge < -0.3 is 15.5 Å². The van der Waals surface area contributed by atoms with E-state index in [4.69, 9.17) is 10.2 Å². The standard InChI is InChI=1S/C14H24N2O/c1-12(10-13-4-2-9-17-13)16-8-7-14(11-15)5-3-6-14/h2,4,9,12,16H,3,5-8,10-11,15H2,1H3. The van der Waals surface area contributed by atoms with Crippen LogP contribution in [0.2, 0.25) is 0 Å². The third-order valence-corrected chi connectivity index (χ3v) is 4.08. The third-order valence-electron chi connectivity index (χ3n) is 4.08. The van der Waals surface area contributed by atoms with Gasteiger partial charge in [0.1, 0.15) is 5.76 Å². The van der Waals surface area contributed by atoms with E-state index in [1.807, 2.05) is 12.1 Å². The van der Waals surface area contributed by atoms with Crippen molar-refractivity contribution in [1.29, 1.82) is 0 Å². The van der Waals surface area contributed by atoms with Crippen molar-refractivity contribution in [2.75, 3.05) is 13.1 Å². The van der Waals surface area contributed by atoms with E-state index in [0.717, 1.165) is 25.3 Å². The fraction of sp³-hybridized carbons (Fsp3) is 0.714. The lowest BCUT2D eigenvalue weighted by atomic mass is 9.67. The van der Waals surface area contributed by atoms with Crippen LogP contribution < -0.4 is 11.1 Å². The van der Waals surface area contributed by atoms with Crippen molar-refractivity contribution in [3.8, 4) is 0 Å². The molecule has 0 amide bonds. The smallest absolute Gasteiger partial charge is 0.105 e. The molecule has 1 aromatic rings. The Labute approximate surface area is 104 Å². The molecule has 1 heterocycles. The largest absolute Gasteiger partial charge is 0.469 e. The van der Waals surface area contributed by atoms with E-state index in [1.165, 1.54) is 25.7 Å². The summed E-state index contributed by atoms with van der Waals surface area (Å²) in [6.07, 6.45) is 7.91. The summed E-state index contributed by atoms with van der Waals surface area (Å²) in [6, 6.07) is 4.45. The van der Waals surface area contributed by atoms with Gasteiger partial charge in [0.2, 0.25) is 0 Å². The molecule has 1 fully saturated rings. The molecule has 1 aliphatic carbocycles. The molecular formula is C14H24N2O. The molecule has 1 atom stereocenters. The monoisotopic (exact) mass is 236 g/mol. The molecular weight excluding hydrogens is 212 g/mol. The quantitative estimate of drug-likeness (QED) is 0.764. The van der Waals surface area contributed by atoms with Crippen LogP contribution in [0.5, 0.6) is 0 Å². The maximum atomic E-state index is 5.85. The van der Waals surface area contributed by atoms with E-state index >= 15 is 0 Å². The first kappa shape index (κ1) is 12.7. The molecule has 96 valence electrons. The Morgan fingerprint density at radius 3 is 2.88 bits per heavy atom. The minimum absolute atomic E-state index is 0.456. The van der Waals surface area contributed by atoms with Gasteiger partial charge in [-0.3, -0.25) is 0 Å². The molecule has 0 spiro atoms. The summed E-state index contributed by atoms with van der Waals surface area (Å²) in [6.45, 7) is 4.12. The highest BCUT2D eigenvalue weighted by Gasteiger charge is 2.34. The lowest BCUT2D eigenvalue weighted by Crippen LogP contribution is -2.41. The lowest BCUT2D eigenvalue weighted by Gasteiger charge is -2.41. The van der Waals surface area contributed by atoms with Crippen molar-refractivity contribution in [3.05, 3.63) is 24.2 Å². The average molecular weight is 236 g/mol. The topological polar surface area (TPSA) is 51.2 Å². The van der Waals surface area contributed by atoms with Crippen molar-refractivity contribution < 1.29 is 4.42 Å². The second-order valence-electron chi connectivity index (χ2n) is 5.45. The van der Waals surface area contributed by atoms with Crippen LogP contribution >= 0.6 is 0 Å². The average Bonchev–Trinajstić information content (AvgIpc) is 2.75. The van der Waals surface area contributed by atoms with E-state index in [1.54, 1.807) is 6.26 Å². The highest BCUT2D eigenvalue weighted by molar-refractivity contribution is 5.00. The van der Waals surface area contributed by atoms with Crippen LogP contribution in [0.4, 0.5) is 0 Å². The van der Waals surface area contributed by atoms with Crippen LogP contribution in [0.15, 0.2) is 22.8 Å². The molecule has 0 saturated heterocycles. The van der Waals surface area contributed by atoms with Crippen molar-refractivity contribution >= 4 is 0 Å². The molecule has 3 nitrogen and oxygen atoms in total. The molecule has 0 bridgehead atoms. The normalized spacial score (nSPS) is 19.9. The van der Waals surface area contributed by atoms with E-state index in [9.17, 15) is 0 Å². The van der Waals surface area contributed by atoms with Gasteiger partial charge in [0.25, 0.3) is 0 Å². The molecule has 0 aliphatic heterocycles. The molecule has 1 unspecified atom stereocenters. The van der Waals surface area contributed by atoms with Crippen LogP contribution in [0, 0.1) is 5.41 Å². The Balaban J connectivity index is 1.64. The summed E-state index contributed by atoms with van der Waals surface area (Å²) in [5.41, 5.74) is 6.31. The summed E-state index contributed by atoms with van der Waals surface area (Å²) in [4.78, 5) is 0. The van der Waals surface area contributed by atoms with Gasteiger partial charge >= 0.3 is 0 Å². The van der Waals surface area contributed by atoms with E-state index in [2.05, 4.69) is 12.2 Å². The first-order valence-corrected chi connectivity index (χ1v) is 6.70. The Bertz CT molecular complexity index is 311. The second kappa shape index (κ2) is 5.69. The van der Waals surface area contributed by atoms with Crippen molar-refractivity contribution in [3.63, 3.8) is 0 Å². The van der Waals surface area contributed by atoms with E-state index < -0.39 is 0 Å². The summed E-state index contributed by atoms with van der Waals surface area (Å²) >= 11 is 0. The molecule has 0 radical (unpaired) electrons. The molecule has 0 aromatic carbocycles. The Kier molecular flexibility index (Phi) is 4.24. The number of rotatable bonds is 7. The minimum atomic E-state index is 0.456. The highest BCUT2D eigenvalue weighted by Crippen LogP contribution is 2.42. The van der Waals surface area contributed by atoms with E-state index in [0.29, 0.717) is 11.5 Å². The van der Waals surface area contributed by atoms with E-state index in [-0.39, 0.29) is 0 Å². The van der Waals surface area contributed by atoms with Gasteiger partial charge in [-0.05, 0) is 56.8 Å². The third kappa shape index (κ3) is 3.33. The zero-order valence-corrected chi connectivity index (χ0v) is 10.7. The lowest BCUT2D eigenvalue weighted by molar-refractivity contribution is 0.129. The maximum Gasteiger partial charge on any atom is 0.105 e. The molecule has 1 aliphatic rings. The SMILES string of the molecule is CC(Cc1ccco1)NCCC1(CN)CCC1. The summed E-state index contributed by atoms with van der Waals surface area (Å²) in [5, 5.41) is 3.56.